The summed E-state index contributed by atoms with van der Waals surface area (Å²) in [6.07, 6.45) is -0.881. The number of rotatable bonds is 6. The van der Waals surface area contributed by atoms with Gasteiger partial charge < -0.3 is 15.2 Å². The fourth-order valence-electron chi connectivity index (χ4n) is 1.43. The maximum absolute atomic E-state index is 11.2. The van der Waals surface area contributed by atoms with E-state index < -0.39 is 12.1 Å². The number of ether oxygens (including phenoxy) is 1. The molecule has 0 aromatic heterocycles. The van der Waals surface area contributed by atoms with Crippen LogP contribution in [-0.2, 0) is 9.53 Å². The Morgan fingerprint density at radius 2 is 2.17 bits per heavy atom. The molecular formula is C13H17NO4. The molecule has 0 bridgehead atoms. The van der Waals surface area contributed by atoms with Crippen LogP contribution in [0.5, 0.6) is 0 Å². The van der Waals surface area contributed by atoms with Crippen molar-refractivity contribution in [3.8, 4) is 0 Å². The van der Waals surface area contributed by atoms with E-state index in [-0.39, 0.29) is 18.7 Å². The van der Waals surface area contributed by atoms with E-state index in [9.17, 15) is 14.7 Å². The molecule has 1 rings (SSSR count). The smallest absolute Gasteiger partial charge is 0.308 e. The summed E-state index contributed by atoms with van der Waals surface area (Å²) in [5.41, 5.74) is 1.33. The van der Waals surface area contributed by atoms with Gasteiger partial charge in [0.15, 0.2) is 5.78 Å². The van der Waals surface area contributed by atoms with Crippen LogP contribution in [0.15, 0.2) is 24.3 Å². The first-order valence-corrected chi connectivity index (χ1v) is 5.62. The molecule has 5 nitrogen and oxygen atoms in total. The highest BCUT2D eigenvalue weighted by atomic mass is 16.5. The van der Waals surface area contributed by atoms with E-state index >= 15 is 0 Å². The maximum atomic E-state index is 11.2. The molecule has 0 spiro atoms. The first-order valence-electron chi connectivity index (χ1n) is 5.62. The third-order valence-electron chi connectivity index (χ3n) is 2.44. The number of nitrogens with one attached hydrogen (secondary N) is 1. The number of anilines is 1. The van der Waals surface area contributed by atoms with Crippen molar-refractivity contribution in [3.05, 3.63) is 29.8 Å². The van der Waals surface area contributed by atoms with Crippen molar-refractivity contribution >= 4 is 17.4 Å². The van der Waals surface area contributed by atoms with Gasteiger partial charge in [-0.15, -0.1) is 0 Å². The number of hydrogen-bond acceptors (Lipinski definition) is 5. The molecule has 0 amide bonds. The van der Waals surface area contributed by atoms with Crippen molar-refractivity contribution in [1.82, 2.24) is 0 Å². The van der Waals surface area contributed by atoms with Crippen molar-refractivity contribution < 1.29 is 19.4 Å². The molecule has 0 aliphatic carbocycles. The van der Waals surface area contributed by atoms with Gasteiger partial charge in [0.1, 0.15) is 0 Å². The number of Topliss-reactive ketones (excluding diaryl/α,β-unsaturated/α-hetero) is 1. The fraction of sp³-hybridized carbons (Fsp3) is 0.385. The van der Waals surface area contributed by atoms with Gasteiger partial charge in [-0.2, -0.15) is 0 Å². The lowest BCUT2D eigenvalue weighted by Gasteiger charge is -2.12. The lowest BCUT2D eigenvalue weighted by Crippen LogP contribution is -2.23. The maximum Gasteiger partial charge on any atom is 0.308 e. The molecule has 0 aliphatic rings. The fourth-order valence-corrected chi connectivity index (χ4v) is 1.43. The van der Waals surface area contributed by atoms with Crippen LogP contribution in [0.3, 0.4) is 0 Å². The van der Waals surface area contributed by atoms with Crippen molar-refractivity contribution in [2.75, 3.05) is 19.0 Å². The summed E-state index contributed by atoms with van der Waals surface area (Å²) < 4.78 is 4.45. The standard InChI is InChI=1S/C13H17NO4/c1-9(15)10-4-3-5-11(6-10)14-8-12(16)7-13(17)18-2/h3-6,12,14,16H,7-8H2,1-2H3. The van der Waals surface area contributed by atoms with Crippen molar-refractivity contribution in [1.29, 1.82) is 0 Å². The zero-order valence-electron chi connectivity index (χ0n) is 10.5. The van der Waals surface area contributed by atoms with Crippen LogP contribution in [0.4, 0.5) is 5.69 Å². The van der Waals surface area contributed by atoms with Gasteiger partial charge in [0.2, 0.25) is 0 Å². The Balaban J connectivity index is 2.50. The first kappa shape index (κ1) is 14.2. The SMILES string of the molecule is COC(=O)CC(O)CNc1cccc(C(C)=O)c1. The molecule has 5 heteroatoms. The van der Waals surface area contributed by atoms with Gasteiger partial charge in [0.25, 0.3) is 0 Å². The number of carbonyl (C=O) groups is 2. The van der Waals surface area contributed by atoms with Crippen LogP contribution < -0.4 is 5.32 Å². The molecule has 18 heavy (non-hydrogen) atoms. The van der Waals surface area contributed by atoms with Crippen LogP contribution in [0.2, 0.25) is 0 Å². The van der Waals surface area contributed by atoms with E-state index in [2.05, 4.69) is 10.1 Å². The molecule has 1 aromatic carbocycles. The van der Waals surface area contributed by atoms with Gasteiger partial charge >= 0.3 is 5.97 Å². The summed E-state index contributed by atoms with van der Waals surface area (Å²) in [7, 11) is 1.28. The molecule has 0 fully saturated rings. The van der Waals surface area contributed by atoms with Crippen LogP contribution in [0.25, 0.3) is 0 Å². The van der Waals surface area contributed by atoms with Gasteiger partial charge in [-0.25, -0.2) is 0 Å². The molecule has 0 aliphatic heterocycles. The summed E-state index contributed by atoms with van der Waals surface area (Å²) in [5.74, 6) is -0.476. The second kappa shape index (κ2) is 6.76. The molecule has 1 aromatic rings. The second-order valence-electron chi connectivity index (χ2n) is 3.95. The Labute approximate surface area is 106 Å². The Bertz CT molecular complexity index is 431. The summed E-state index contributed by atoms with van der Waals surface area (Å²) in [5, 5.41) is 12.5. The number of benzene rings is 1. The van der Waals surface area contributed by atoms with Crippen LogP contribution in [-0.4, -0.2) is 36.6 Å². The highest BCUT2D eigenvalue weighted by Crippen LogP contribution is 2.11. The number of aliphatic hydroxyl groups is 1. The van der Waals surface area contributed by atoms with Gasteiger partial charge in [-0.3, -0.25) is 9.59 Å². The lowest BCUT2D eigenvalue weighted by molar-refractivity contribution is -0.142. The van der Waals surface area contributed by atoms with E-state index in [0.717, 1.165) is 5.69 Å². The predicted molar refractivity (Wildman–Crippen MR) is 67.6 cm³/mol. The predicted octanol–water partition coefficient (Wildman–Crippen LogP) is 1.23. The number of methoxy groups -OCH3 is 1. The molecule has 98 valence electrons. The van der Waals surface area contributed by atoms with Gasteiger partial charge in [0, 0.05) is 17.8 Å². The summed E-state index contributed by atoms with van der Waals surface area (Å²) in [4.78, 5) is 22.1. The molecule has 0 saturated heterocycles. The van der Waals surface area contributed by atoms with Gasteiger partial charge in [0.05, 0.1) is 19.6 Å². The first-order chi connectivity index (χ1) is 8.52. The van der Waals surface area contributed by atoms with Crippen molar-refractivity contribution in [2.24, 2.45) is 0 Å². The van der Waals surface area contributed by atoms with Crippen LogP contribution >= 0.6 is 0 Å². The van der Waals surface area contributed by atoms with E-state index in [0.29, 0.717) is 5.56 Å². The number of carbonyl (C=O) groups excluding carboxylic acids is 2. The Morgan fingerprint density at radius 3 is 2.78 bits per heavy atom. The van der Waals surface area contributed by atoms with E-state index in [1.807, 2.05) is 0 Å². The van der Waals surface area contributed by atoms with Crippen LogP contribution in [0.1, 0.15) is 23.7 Å². The van der Waals surface area contributed by atoms with E-state index in [1.54, 1.807) is 24.3 Å². The average molecular weight is 251 g/mol. The molecule has 0 radical (unpaired) electrons. The summed E-state index contributed by atoms with van der Waals surface area (Å²) in [6.45, 7) is 1.71. The van der Waals surface area contributed by atoms with Gasteiger partial charge in [-0.05, 0) is 19.1 Å². The third kappa shape index (κ3) is 4.55. The number of aliphatic hydroxyl groups excluding tert-OH is 1. The normalized spacial score (nSPS) is 11.7. The summed E-state index contributed by atoms with van der Waals surface area (Å²) in [6, 6.07) is 6.97. The number of ketones is 1. The summed E-state index contributed by atoms with van der Waals surface area (Å²) >= 11 is 0. The van der Waals surface area contributed by atoms with Gasteiger partial charge in [-0.1, -0.05) is 12.1 Å². The molecule has 0 saturated carbocycles. The minimum Gasteiger partial charge on any atom is -0.469 e. The van der Waals surface area contributed by atoms with E-state index in [4.69, 9.17) is 0 Å². The molecule has 2 N–H and O–H groups in total. The zero-order valence-corrected chi connectivity index (χ0v) is 10.5. The molecule has 0 heterocycles. The molecule has 1 atom stereocenters. The van der Waals surface area contributed by atoms with E-state index in [1.165, 1.54) is 14.0 Å². The monoisotopic (exact) mass is 251 g/mol. The van der Waals surface area contributed by atoms with Crippen molar-refractivity contribution in [3.63, 3.8) is 0 Å². The number of esters is 1. The largest absolute Gasteiger partial charge is 0.469 e. The van der Waals surface area contributed by atoms with Crippen LogP contribution in [0, 0.1) is 0 Å². The third-order valence-corrected chi connectivity index (χ3v) is 2.44. The molecule has 1 unspecified atom stereocenters. The Kier molecular flexibility index (Phi) is 5.32. The number of hydrogen-bond donors (Lipinski definition) is 2. The highest BCUT2D eigenvalue weighted by Gasteiger charge is 2.10. The second-order valence-corrected chi connectivity index (χ2v) is 3.95. The minimum atomic E-state index is -0.821. The topological polar surface area (TPSA) is 75.6 Å². The Morgan fingerprint density at radius 1 is 1.44 bits per heavy atom. The lowest BCUT2D eigenvalue weighted by atomic mass is 10.1. The quantitative estimate of drug-likeness (QED) is 0.587. The molecular weight excluding hydrogens is 234 g/mol. The minimum absolute atomic E-state index is 0.0197. The Hall–Kier alpha value is -1.88. The average Bonchev–Trinajstić information content (AvgIpc) is 2.36. The zero-order chi connectivity index (χ0) is 13.5. The highest BCUT2D eigenvalue weighted by molar-refractivity contribution is 5.94. The van der Waals surface area contributed by atoms with Crippen molar-refractivity contribution in [2.45, 2.75) is 19.4 Å².